The first-order valence-electron chi connectivity index (χ1n) is 6.17. The number of benzene rings is 2. The summed E-state index contributed by atoms with van der Waals surface area (Å²) in [6.07, 6.45) is 1.60. The summed E-state index contributed by atoms with van der Waals surface area (Å²) in [4.78, 5) is 0. The quantitative estimate of drug-likeness (QED) is 0.588. The highest BCUT2D eigenvalue weighted by molar-refractivity contribution is 6.10. The van der Waals surface area contributed by atoms with Crippen LogP contribution >= 0.6 is 0 Å². The molecule has 0 spiro atoms. The number of nitrogens with two attached hydrogens (primary N) is 2. The maximum absolute atomic E-state index is 8.08. The molecule has 102 valence electrons. The summed E-state index contributed by atoms with van der Waals surface area (Å²) < 4.78 is 5.26. The van der Waals surface area contributed by atoms with E-state index in [1.54, 1.807) is 25.3 Å². The number of nitrogen functional groups attached to an aromatic ring is 1. The van der Waals surface area contributed by atoms with Crippen LogP contribution in [0.4, 0.5) is 5.69 Å². The smallest absolute Gasteiger partial charge is 0.128 e. The lowest BCUT2D eigenvalue weighted by Crippen LogP contribution is -2.04. The minimum absolute atomic E-state index is 0.306. The molecule has 2 rings (SSSR count). The van der Waals surface area contributed by atoms with E-state index in [1.165, 1.54) is 0 Å². The Hall–Kier alpha value is -2.75. The number of ether oxygens (including phenoxy) is 1. The molecule has 0 aromatic heterocycles. The van der Waals surface area contributed by atoms with Crippen LogP contribution in [0.1, 0.15) is 11.1 Å². The summed E-state index contributed by atoms with van der Waals surface area (Å²) in [5, 5.41) is 8.08. The van der Waals surface area contributed by atoms with Gasteiger partial charge in [-0.15, -0.1) is 0 Å². The standard InChI is InChI=1S/C16H17N3O/c1-20-16-8-3-2-7-13(16)15(19)10-14(18)11-5-4-6-12(17)9-11/h2-10,18H,17,19H2,1H3/b15-10-,18-14?. The minimum atomic E-state index is 0.306. The zero-order chi connectivity index (χ0) is 14.5. The van der Waals surface area contributed by atoms with Crippen LogP contribution in [0.25, 0.3) is 5.70 Å². The van der Waals surface area contributed by atoms with Crippen molar-refractivity contribution >= 4 is 17.1 Å². The van der Waals surface area contributed by atoms with E-state index < -0.39 is 0 Å². The third-order valence-electron chi connectivity index (χ3n) is 2.92. The van der Waals surface area contributed by atoms with Gasteiger partial charge in [0.25, 0.3) is 0 Å². The molecule has 0 aliphatic heterocycles. The molecule has 2 aromatic rings. The fourth-order valence-electron chi connectivity index (χ4n) is 1.91. The molecule has 0 amide bonds. The Morgan fingerprint density at radius 1 is 1.15 bits per heavy atom. The van der Waals surface area contributed by atoms with E-state index >= 15 is 0 Å². The predicted molar refractivity (Wildman–Crippen MR) is 82.8 cm³/mol. The molecule has 5 N–H and O–H groups in total. The van der Waals surface area contributed by atoms with Gasteiger partial charge in [-0.2, -0.15) is 0 Å². The van der Waals surface area contributed by atoms with Crippen molar-refractivity contribution in [3.05, 3.63) is 65.7 Å². The Balaban J connectivity index is 2.32. The summed E-state index contributed by atoms with van der Waals surface area (Å²) >= 11 is 0. The topological polar surface area (TPSA) is 85.1 Å². The van der Waals surface area contributed by atoms with Gasteiger partial charge in [0.15, 0.2) is 0 Å². The van der Waals surface area contributed by atoms with Crippen LogP contribution in [-0.2, 0) is 0 Å². The van der Waals surface area contributed by atoms with Crippen molar-refractivity contribution in [1.82, 2.24) is 0 Å². The zero-order valence-corrected chi connectivity index (χ0v) is 11.3. The molecule has 0 radical (unpaired) electrons. The van der Waals surface area contributed by atoms with Gasteiger partial charge in [0.1, 0.15) is 5.75 Å². The number of allylic oxidation sites excluding steroid dienone is 1. The molecular formula is C16H17N3O. The molecule has 0 saturated carbocycles. The van der Waals surface area contributed by atoms with Crippen LogP contribution in [-0.4, -0.2) is 12.8 Å². The first-order valence-corrected chi connectivity index (χ1v) is 6.17. The summed E-state index contributed by atoms with van der Waals surface area (Å²) in [6, 6.07) is 14.6. The Bertz CT molecular complexity index is 662. The molecule has 0 fully saturated rings. The van der Waals surface area contributed by atoms with E-state index in [-0.39, 0.29) is 0 Å². The molecule has 20 heavy (non-hydrogen) atoms. The first kappa shape index (κ1) is 13.7. The molecule has 4 heteroatoms. The van der Waals surface area contributed by atoms with Gasteiger partial charge in [0, 0.05) is 22.5 Å². The van der Waals surface area contributed by atoms with E-state index in [4.69, 9.17) is 21.6 Å². The molecule has 0 saturated heterocycles. The van der Waals surface area contributed by atoms with Crippen molar-refractivity contribution in [1.29, 1.82) is 5.41 Å². The second-order valence-corrected chi connectivity index (χ2v) is 4.34. The van der Waals surface area contributed by atoms with E-state index in [9.17, 15) is 0 Å². The minimum Gasteiger partial charge on any atom is -0.496 e. The zero-order valence-electron chi connectivity index (χ0n) is 11.3. The van der Waals surface area contributed by atoms with Crippen molar-refractivity contribution in [2.45, 2.75) is 0 Å². The van der Waals surface area contributed by atoms with Gasteiger partial charge in [-0.25, -0.2) is 0 Å². The van der Waals surface area contributed by atoms with E-state index in [2.05, 4.69) is 0 Å². The lowest BCUT2D eigenvalue weighted by atomic mass is 10.1. The molecular weight excluding hydrogens is 250 g/mol. The Morgan fingerprint density at radius 2 is 1.90 bits per heavy atom. The maximum atomic E-state index is 8.08. The second-order valence-electron chi connectivity index (χ2n) is 4.34. The van der Waals surface area contributed by atoms with Gasteiger partial charge in [0.2, 0.25) is 0 Å². The van der Waals surface area contributed by atoms with Crippen molar-refractivity contribution in [3.8, 4) is 5.75 Å². The van der Waals surface area contributed by atoms with Crippen LogP contribution in [0.2, 0.25) is 0 Å². The summed E-state index contributed by atoms with van der Waals surface area (Å²) in [5.74, 6) is 0.682. The van der Waals surface area contributed by atoms with Crippen molar-refractivity contribution < 1.29 is 4.74 Å². The van der Waals surface area contributed by atoms with Gasteiger partial charge < -0.3 is 21.6 Å². The highest BCUT2D eigenvalue weighted by Gasteiger charge is 2.06. The molecule has 0 bridgehead atoms. The third-order valence-corrected chi connectivity index (χ3v) is 2.92. The van der Waals surface area contributed by atoms with Crippen molar-refractivity contribution in [3.63, 3.8) is 0 Å². The van der Waals surface area contributed by atoms with Crippen LogP contribution < -0.4 is 16.2 Å². The number of rotatable bonds is 4. The molecule has 0 aliphatic carbocycles. The lowest BCUT2D eigenvalue weighted by molar-refractivity contribution is 0.413. The van der Waals surface area contributed by atoms with Gasteiger partial charge in [-0.3, -0.25) is 0 Å². The number of hydrogen-bond donors (Lipinski definition) is 3. The van der Waals surface area contributed by atoms with Crippen LogP contribution in [0, 0.1) is 5.41 Å². The van der Waals surface area contributed by atoms with E-state index in [0.29, 0.717) is 22.8 Å². The predicted octanol–water partition coefficient (Wildman–Crippen LogP) is 2.65. The lowest BCUT2D eigenvalue weighted by Gasteiger charge is -2.09. The fraction of sp³-hybridized carbons (Fsp3) is 0.0625. The first-order chi connectivity index (χ1) is 9.61. The SMILES string of the molecule is COc1ccccc1/C(N)=C/C(=N)c1cccc(N)c1. The number of nitrogens with one attached hydrogen (secondary N) is 1. The van der Waals surface area contributed by atoms with Gasteiger partial charge in [0.05, 0.1) is 12.8 Å². The number of para-hydroxylation sites is 1. The average molecular weight is 267 g/mol. The molecule has 0 heterocycles. The highest BCUT2D eigenvalue weighted by Crippen LogP contribution is 2.22. The molecule has 0 atom stereocenters. The van der Waals surface area contributed by atoms with E-state index in [1.807, 2.05) is 36.4 Å². The molecule has 0 unspecified atom stereocenters. The third kappa shape index (κ3) is 2.98. The molecule has 4 nitrogen and oxygen atoms in total. The summed E-state index contributed by atoms with van der Waals surface area (Å²) in [6.45, 7) is 0. The highest BCUT2D eigenvalue weighted by atomic mass is 16.5. The van der Waals surface area contributed by atoms with Crippen molar-refractivity contribution in [2.75, 3.05) is 12.8 Å². The number of methoxy groups -OCH3 is 1. The molecule has 0 aliphatic rings. The Labute approximate surface area is 118 Å². The molecule has 2 aromatic carbocycles. The van der Waals surface area contributed by atoms with Gasteiger partial charge >= 0.3 is 0 Å². The summed E-state index contributed by atoms with van der Waals surface area (Å²) in [5.41, 5.74) is 14.7. The number of anilines is 1. The van der Waals surface area contributed by atoms with Gasteiger partial charge in [-0.05, 0) is 30.3 Å². The van der Waals surface area contributed by atoms with Crippen LogP contribution in [0.3, 0.4) is 0 Å². The largest absolute Gasteiger partial charge is 0.496 e. The monoisotopic (exact) mass is 267 g/mol. The van der Waals surface area contributed by atoms with Crippen LogP contribution in [0.15, 0.2) is 54.6 Å². The average Bonchev–Trinajstić information content (AvgIpc) is 2.47. The van der Waals surface area contributed by atoms with E-state index in [0.717, 1.165) is 11.1 Å². The Kier molecular flexibility index (Phi) is 4.05. The maximum Gasteiger partial charge on any atom is 0.128 e. The van der Waals surface area contributed by atoms with Crippen molar-refractivity contribution in [2.24, 2.45) is 5.73 Å². The van der Waals surface area contributed by atoms with Gasteiger partial charge in [-0.1, -0.05) is 24.3 Å². The fourth-order valence-corrected chi connectivity index (χ4v) is 1.91. The van der Waals surface area contributed by atoms with Crippen LogP contribution in [0.5, 0.6) is 5.75 Å². The normalized spacial score (nSPS) is 11.2. The number of hydrogen-bond acceptors (Lipinski definition) is 4. The Morgan fingerprint density at radius 3 is 2.60 bits per heavy atom. The second kappa shape index (κ2) is 5.93. The summed E-state index contributed by atoms with van der Waals surface area (Å²) in [7, 11) is 1.59.